The molecule has 29 heavy (non-hydrogen) atoms. The van der Waals surface area contributed by atoms with Crippen LogP contribution in [0.2, 0.25) is 0 Å². The standard InChI is InChI=1S/C23H22FN3O2/c1-12(15-4-2-3-5-16(15)22(25)28)21-17-9-14(10-18(17)21)29-23-19-8-13(24)6-7-20(19)26-11-27-23/h2-8,11-12,14,17-18,21H,9-10H2,1H3,(H2,25,28)/t12-,14?,17+,18+,21?/m0/s1. The van der Waals surface area contributed by atoms with Gasteiger partial charge in [0.2, 0.25) is 11.8 Å². The Labute approximate surface area is 168 Å². The van der Waals surface area contributed by atoms with Crippen molar-refractivity contribution in [3.05, 3.63) is 65.7 Å². The van der Waals surface area contributed by atoms with Gasteiger partial charge in [0.05, 0.1) is 10.9 Å². The summed E-state index contributed by atoms with van der Waals surface area (Å²) in [7, 11) is 0. The van der Waals surface area contributed by atoms with Crippen LogP contribution in [0.3, 0.4) is 0 Å². The van der Waals surface area contributed by atoms with E-state index in [1.807, 2.05) is 18.2 Å². The third kappa shape index (κ3) is 3.12. The van der Waals surface area contributed by atoms with Gasteiger partial charge in [-0.15, -0.1) is 0 Å². The fourth-order valence-electron chi connectivity index (χ4n) is 5.26. The van der Waals surface area contributed by atoms with Crippen molar-refractivity contribution in [2.24, 2.45) is 23.5 Å². The van der Waals surface area contributed by atoms with E-state index < -0.39 is 0 Å². The summed E-state index contributed by atoms with van der Waals surface area (Å²) in [5.74, 6) is 1.71. The van der Waals surface area contributed by atoms with E-state index in [0.29, 0.717) is 40.1 Å². The molecule has 2 aliphatic rings. The molecule has 2 aromatic carbocycles. The highest BCUT2D eigenvalue weighted by molar-refractivity contribution is 5.94. The maximum atomic E-state index is 13.6. The summed E-state index contributed by atoms with van der Waals surface area (Å²) >= 11 is 0. The first kappa shape index (κ1) is 18.0. The quantitative estimate of drug-likeness (QED) is 0.711. The minimum absolute atomic E-state index is 0.0706. The fourth-order valence-corrected chi connectivity index (χ4v) is 5.26. The van der Waals surface area contributed by atoms with Crippen LogP contribution >= 0.6 is 0 Å². The average Bonchev–Trinajstić information content (AvgIpc) is 3.22. The number of ether oxygens (including phenoxy) is 1. The maximum absolute atomic E-state index is 13.6. The molecule has 2 N–H and O–H groups in total. The summed E-state index contributed by atoms with van der Waals surface area (Å²) < 4.78 is 19.8. The number of amides is 1. The molecular weight excluding hydrogens is 369 g/mol. The van der Waals surface area contributed by atoms with E-state index in [-0.39, 0.29) is 23.7 Å². The van der Waals surface area contributed by atoms with E-state index in [1.165, 1.54) is 18.5 Å². The van der Waals surface area contributed by atoms with Crippen LogP contribution in [-0.2, 0) is 0 Å². The van der Waals surface area contributed by atoms with Crippen LogP contribution in [0.15, 0.2) is 48.8 Å². The predicted octanol–water partition coefficient (Wildman–Crippen LogP) is 4.07. The number of nitrogens with zero attached hydrogens (tertiary/aromatic N) is 2. The molecule has 5 nitrogen and oxygen atoms in total. The van der Waals surface area contributed by atoms with Gasteiger partial charge in [-0.3, -0.25) is 4.79 Å². The Kier molecular flexibility index (Phi) is 4.23. The van der Waals surface area contributed by atoms with E-state index in [1.54, 1.807) is 12.1 Å². The number of primary amides is 1. The van der Waals surface area contributed by atoms with E-state index in [4.69, 9.17) is 10.5 Å². The minimum atomic E-state index is -0.373. The predicted molar refractivity (Wildman–Crippen MR) is 107 cm³/mol. The van der Waals surface area contributed by atoms with Crippen molar-refractivity contribution in [2.45, 2.75) is 31.8 Å². The zero-order valence-corrected chi connectivity index (χ0v) is 16.1. The highest BCUT2D eigenvalue weighted by Gasteiger charge is 2.58. The van der Waals surface area contributed by atoms with Gasteiger partial charge in [0, 0.05) is 5.56 Å². The van der Waals surface area contributed by atoms with Crippen LogP contribution in [0.25, 0.3) is 10.9 Å². The highest BCUT2D eigenvalue weighted by atomic mass is 19.1. The molecule has 2 saturated carbocycles. The number of hydrogen-bond donors (Lipinski definition) is 1. The van der Waals surface area contributed by atoms with E-state index >= 15 is 0 Å². The second kappa shape index (κ2) is 6.79. The van der Waals surface area contributed by atoms with Crippen molar-refractivity contribution < 1.29 is 13.9 Å². The molecule has 3 aromatic rings. The van der Waals surface area contributed by atoms with Gasteiger partial charge in [-0.25, -0.2) is 14.4 Å². The molecule has 1 amide bonds. The molecular formula is C23H22FN3O2. The Morgan fingerprint density at radius 3 is 2.69 bits per heavy atom. The molecule has 2 aliphatic carbocycles. The summed E-state index contributed by atoms with van der Waals surface area (Å²) in [6, 6.07) is 12.1. The van der Waals surface area contributed by atoms with Crippen LogP contribution in [0.1, 0.15) is 41.6 Å². The van der Waals surface area contributed by atoms with Crippen molar-refractivity contribution in [2.75, 3.05) is 0 Å². The van der Waals surface area contributed by atoms with Gasteiger partial charge in [-0.1, -0.05) is 25.1 Å². The summed E-state index contributed by atoms with van der Waals surface area (Å²) in [5, 5.41) is 0.605. The molecule has 2 fully saturated rings. The molecule has 5 rings (SSSR count). The SMILES string of the molecule is C[C@@H](c1ccccc1C(N)=O)C1[C@@H]2CC(Oc3ncnc4ccc(F)cc34)C[C@@H]12. The smallest absolute Gasteiger partial charge is 0.248 e. The van der Waals surface area contributed by atoms with Crippen molar-refractivity contribution in [1.82, 2.24) is 9.97 Å². The van der Waals surface area contributed by atoms with Gasteiger partial charge in [0.25, 0.3) is 0 Å². The lowest BCUT2D eigenvalue weighted by molar-refractivity contribution is 0.0998. The summed E-state index contributed by atoms with van der Waals surface area (Å²) in [6.45, 7) is 2.18. The fraction of sp³-hybridized carbons (Fsp3) is 0.348. The van der Waals surface area contributed by atoms with Crippen molar-refractivity contribution in [3.8, 4) is 5.88 Å². The van der Waals surface area contributed by atoms with Gasteiger partial charge in [-0.05, 0) is 66.3 Å². The lowest BCUT2D eigenvalue weighted by atomic mass is 9.88. The average molecular weight is 391 g/mol. The number of carbonyl (C=O) groups is 1. The minimum Gasteiger partial charge on any atom is -0.474 e. The van der Waals surface area contributed by atoms with E-state index in [0.717, 1.165) is 18.4 Å². The number of nitrogens with two attached hydrogens (primary N) is 1. The molecule has 0 radical (unpaired) electrons. The number of fused-ring (bicyclic) bond motifs is 2. The lowest BCUT2D eigenvalue weighted by Gasteiger charge is -2.21. The van der Waals surface area contributed by atoms with Crippen LogP contribution < -0.4 is 10.5 Å². The van der Waals surface area contributed by atoms with Gasteiger partial charge < -0.3 is 10.5 Å². The summed E-state index contributed by atoms with van der Waals surface area (Å²) in [4.78, 5) is 20.2. The van der Waals surface area contributed by atoms with Crippen molar-refractivity contribution in [3.63, 3.8) is 0 Å². The Morgan fingerprint density at radius 2 is 1.93 bits per heavy atom. The lowest BCUT2D eigenvalue weighted by Crippen LogP contribution is -2.19. The number of halogens is 1. The number of benzene rings is 2. The van der Waals surface area contributed by atoms with Crippen LogP contribution in [0.5, 0.6) is 5.88 Å². The van der Waals surface area contributed by atoms with Gasteiger partial charge in [0.1, 0.15) is 18.2 Å². The zero-order chi connectivity index (χ0) is 20.1. The molecule has 1 heterocycles. The molecule has 148 valence electrons. The van der Waals surface area contributed by atoms with Crippen molar-refractivity contribution >= 4 is 16.8 Å². The molecule has 0 unspecified atom stereocenters. The number of hydrogen-bond acceptors (Lipinski definition) is 4. The van der Waals surface area contributed by atoms with Crippen LogP contribution in [-0.4, -0.2) is 22.0 Å². The normalized spacial score (nSPS) is 24.3. The zero-order valence-electron chi connectivity index (χ0n) is 16.1. The van der Waals surface area contributed by atoms with Gasteiger partial charge in [0.15, 0.2) is 0 Å². The molecule has 3 atom stereocenters. The molecule has 0 saturated heterocycles. The largest absolute Gasteiger partial charge is 0.474 e. The first-order valence-corrected chi connectivity index (χ1v) is 9.98. The molecule has 0 aliphatic heterocycles. The van der Waals surface area contributed by atoms with E-state index in [9.17, 15) is 9.18 Å². The summed E-state index contributed by atoms with van der Waals surface area (Å²) in [5.41, 5.74) is 7.88. The Morgan fingerprint density at radius 1 is 1.17 bits per heavy atom. The molecule has 0 spiro atoms. The molecule has 6 heteroatoms. The van der Waals surface area contributed by atoms with Gasteiger partial charge >= 0.3 is 0 Å². The second-order valence-corrected chi connectivity index (χ2v) is 8.20. The Hall–Kier alpha value is -3.02. The van der Waals surface area contributed by atoms with Gasteiger partial charge in [-0.2, -0.15) is 0 Å². The second-order valence-electron chi connectivity index (χ2n) is 8.20. The Bertz CT molecular complexity index is 1090. The first-order valence-electron chi connectivity index (χ1n) is 9.98. The third-order valence-electron chi connectivity index (χ3n) is 6.60. The maximum Gasteiger partial charge on any atom is 0.248 e. The molecule has 0 bridgehead atoms. The first-order chi connectivity index (χ1) is 14.0. The molecule has 1 aromatic heterocycles. The van der Waals surface area contributed by atoms with Crippen LogP contribution in [0.4, 0.5) is 4.39 Å². The third-order valence-corrected chi connectivity index (χ3v) is 6.60. The highest BCUT2D eigenvalue weighted by Crippen LogP contribution is 2.63. The Balaban J connectivity index is 1.29. The topological polar surface area (TPSA) is 78.1 Å². The number of carbonyl (C=O) groups excluding carboxylic acids is 1. The number of aromatic nitrogens is 2. The van der Waals surface area contributed by atoms with E-state index in [2.05, 4.69) is 16.9 Å². The van der Waals surface area contributed by atoms with Crippen molar-refractivity contribution in [1.29, 1.82) is 0 Å². The van der Waals surface area contributed by atoms with Crippen LogP contribution in [0, 0.1) is 23.6 Å². The summed E-state index contributed by atoms with van der Waals surface area (Å²) in [6.07, 6.45) is 3.41. The monoisotopic (exact) mass is 391 g/mol. The number of rotatable bonds is 5.